The Balaban J connectivity index is 2.38. The Hall–Kier alpha value is -1.76. The quantitative estimate of drug-likeness (QED) is 0.697. The van der Waals surface area contributed by atoms with Gasteiger partial charge in [-0.3, -0.25) is 0 Å². The van der Waals surface area contributed by atoms with Crippen LogP contribution in [0, 0.1) is 13.8 Å². The lowest BCUT2D eigenvalue weighted by atomic mass is 9.86. The summed E-state index contributed by atoms with van der Waals surface area (Å²) >= 11 is 0. The number of aryl methyl sites for hydroxylation is 2. The summed E-state index contributed by atoms with van der Waals surface area (Å²) in [6, 6.07) is 14.6. The van der Waals surface area contributed by atoms with Gasteiger partial charge >= 0.3 is 0 Å². The van der Waals surface area contributed by atoms with Crippen molar-refractivity contribution in [3.8, 4) is 11.5 Å². The summed E-state index contributed by atoms with van der Waals surface area (Å²) in [7, 11) is 0. The van der Waals surface area contributed by atoms with E-state index in [4.69, 9.17) is 4.74 Å². The van der Waals surface area contributed by atoms with E-state index in [1.165, 1.54) is 16.7 Å². The predicted octanol–water partition coefficient (Wildman–Crippen LogP) is 5.39. The highest BCUT2D eigenvalue weighted by Gasteiger charge is 2.19. The van der Waals surface area contributed by atoms with Gasteiger partial charge in [0, 0.05) is 5.56 Å². The zero-order valence-electron chi connectivity index (χ0n) is 12.4. The second kappa shape index (κ2) is 5.08. The van der Waals surface area contributed by atoms with E-state index in [1.54, 1.807) is 0 Å². The van der Waals surface area contributed by atoms with E-state index >= 15 is 0 Å². The van der Waals surface area contributed by atoms with Crippen molar-refractivity contribution in [2.24, 2.45) is 0 Å². The molecule has 0 N–H and O–H groups in total. The largest absolute Gasteiger partial charge is 0.457 e. The molecule has 0 amide bonds. The Morgan fingerprint density at radius 2 is 1.37 bits per heavy atom. The molecule has 1 nitrogen and oxygen atoms in total. The van der Waals surface area contributed by atoms with Crippen molar-refractivity contribution in [3.63, 3.8) is 0 Å². The highest BCUT2D eigenvalue weighted by atomic mass is 16.5. The van der Waals surface area contributed by atoms with Gasteiger partial charge in [0.25, 0.3) is 0 Å². The molecule has 0 spiro atoms. The van der Waals surface area contributed by atoms with Crippen LogP contribution in [0.1, 0.15) is 37.5 Å². The number of hydrogen-bond acceptors (Lipinski definition) is 1. The first kappa shape index (κ1) is 13.7. The standard InChI is InChI=1S/C18H22O/c1-13-6-9-15(10-7-13)19-17-12-14(2)8-11-16(17)18(3,4)5/h6-12H,1-5H3. The smallest absolute Gasteiger partial charge is 0.131 e. The van der Waals surface area contributed by atoms with Crippen LogP contribution in [-0.4, -0.2) is 0 Å². The highest BCUT2D eigenvalue weighted by Crippen LogP contribution is 2.34. The number of hydrogen-bond donors (Lipinski definition) is 0. The Bertz CT molecular complexity index is 559. The molecule has 0 aromatic heterocycles. The predicted molar refractivity (Wildman–Crippen MR) is 81.1 cm³/mol. The molecule has 0 atom stereocenters. The summed E-state index contributed by atoms with van der Waals surface area (Å²) in [5, 5.41) is 0. The van der Waals surface area contributed by atoms with Crippen LogP contribution in [0.2, 0.25) is 0 Å². The van der Waals surface area contributed by atoms with E-state index in [-0.39, 0.29) is 5.41 Å². The monoisotopic (exact) mass is 254 g/mol. The molecule has 2 rings (SSSR count). The summed E-state index contributed by atoms with van der Waals surface area (Å²) in [5.41, 5.74) is 3.77. The van der Waals surface area contributed by atoms with Crippen LogP contribution >= 0.6 is 0 Å². The van der Waals surface area contributed by atoms with Gasteiger partial charge in [-0.2, -0.15) is 0 Å². The Morgan fingerprint density at radius 3 is 1.95 bits per heavy atom. The third-order valence-electron chi connectivity index (χ3n) is 3.19. The van der Waals surface area contributed by atoms with Crippen molar-refractivity contribution >= 4 is 0 Å². The first-order chi connectivity index (χ1) is 8.86. The van der Waals surface area contributed by atoms with Crippen LogP contribution in [0.3, 0.4) is 0 Å². The lowest BCUT2D eigenvalue weighted by Gasteiger charge is -2.23. The topological polar surface area (TPSA) is 9.23 Å². The van der Waals surface area contributed by atoms with Gasteiger partial charge < -0.3 is 4.74 Å². The fraction of sp³-hybridized carbons (Fsp3) is 0.333. The number of ether oxygens (including phenoxy) is 1. The first-order valence-electron chi connectivity index (χ1n) is 6.72. The van der Waals surface area contributed by atoms with E-state index in [0.29, 0.717) is 0 Å². The van der Waals surface area contributed by atoms with Crippen molar-refractivity contribution in [1.29, 1.82) is 0 Å². The molecule has 2 aromatic rings. The fourth-order valence-corrected chi connectivity index (χ4v) is 2.07. The minimum absolute atomic E-state index is 0.0771. The van der Waals surface area contributed by atoms with Crippen molar-refractivity contribution in [1.82, 2.24) is 0 Å². The lowest BCUT2D eigenvalue weighted by Crippen LogP contribution is -2.12. The van der Waals surface area contributed by atoms with E-state index in [2.05, 4.69) is 65.0 Å². The molecule has 100 valence electrons. The minimum atomic E-state index is 0.0771. The molecular formula is C18H22O. The summed E-state index contributed by atoms with van der Waals surface area (Å²) < 4.78 is 6.07. The van der Waals surface area contributed by atoms with E-state index in [1.807, 2.05) is 12.1 Å². The average molecular weight is 254 g/mol. The molecular weight excluding hydrogens is 232 g/mol. The summed E-state index contributed by atoms with van der Waals surface area (Å²) in [5.74, 6) is 1.85. The molecule has 0 aliphatic carbocycles. The van der Waals surface area contributed by atoms with Gasteiger partial charge in [0.05, 0.1) is 0 Å². The van der Waals surface area contributed by atoms with E-state index in [0.717, 1.165) is 11.5 Å². The summed E-state index contributed by atoms with van der Waals surface area (Å²) in [4.78, 5) is 0. The van der Waals surface area contributed by atoms with Crippen molar-refractivity contribution < 1.29 is 4.74 Å². The molecule has 0 bridgehead atoms. The molecule has 0 fully saturated rings. The minimum Gasteiger partial charge on any atom is -0.457 e. The second-order valence-corrected chi connectivity index (χ2v) is 6.16. The van der Waals surface area contributed by atoms with E-state index in [9.17, 15) is 0 Å². The van der Waals surface area contributed by atoms with Gasteiger partial charge in [0.1, 0.15) is 11.5 Å². The lowest BCUT2D eigenvalue weighted by molar-refractivity contribution is 0.455. The van der Waals surface area contributed by atoms with Crippen LogP contribution in [0.25, 0.3) is 0 Å². The van der Waals surface area contributed by atoms with E-state index < -0.39 is 0 Å². The van der Waals surface area contributed by atoms with Crippen LogP contribution in [0.15, 0.2) is 42.5 Å². The molecule has 1 heteroatoms. The molecule has 19 heavy (non-hydrogen) atoms. The van der Waals surface area contributed by atoms with Gasteiger partial charge in [0.15, 0.2) is 0 Å². The third-order valence-corrected chi connectivity index (χ3v) is 3.19. The number of rotatable bonds is 2. The SMILES string of the molecule is Cc1ccc(Oc2cc(C)ccc2C(C)(C)C)cc1. The number of benzene rings is 2. The van der Waals surface area contributed by atoms with Gasteiger partial charge in [-0.1, -0.05) is 50.6 Å². The maximum absolute atomic E-state index is 6.07. The third kappa shape index (κ3) is 3.37. The van der Waals surface area contributed by atoms with Crippen LogP contribution in [0.5, 0.6) is 11.5 Å². The second-order valence-electron chi connectivity index (χ2n) is 6.16. The normalized spacial score (nSPS) is 11.4. The Kier molecular flexibility index (Phi) is 3.66. The first-order valence-corrected chi connectivity index (χ1v) is 6.72. The van der Waals surface area contributed by atoms with Crippen molar-refractivity contribution in [3.05, 3.63) is 59.2 Å². The maximum Gasteiger partial charge on any atom is 0.131 e. The fourth-order valence-electron chi connectivity index (χ4n) is 2.07. The van der Waals surface area contributed by atoms with Gasteiger partial charge in [0.2, 0.25) is 0 Å². The highest BCUT2D eigenvalue weighted by molar-refractivity contribution is 5.44. The molecule has 0 radical (unpaired) electrons. The Labute approximate surface area is 116 Å². The Morgan fingerprint density at radius 1 is 0.789 bits per heavy atom. The van der Waals surface area contributed by atoms with Gasteiger partial charge in [-0.05, 0) is 43.0 Å². The molecule has 0 saturated carbocycles. The summed E-state index contributed by atoms with van der Waals surface area (Å²) in [6.07, 6.45) is 0. The van der Waals surface area contributed by atoms with Gasteiger partial charge in [-0.15, -0.1) is 0 Å². The molecule has 0 aliphatic rings. The zero-order valence-corrected chi connectivity index (χ0v) is 12.4. The zero-order chi connectivity index (χ0) is 14.0. The maximum atomic E-state index is 6.07. The van der Waals surface area contributed by atoms with Crippen molar-refractivity contribution in [2.75, 3.05) is 0 Å². The molecule has 0 unspecified atom stereocenters. The summed E-state index contributed by atoms with van der Waals surface area (Å²) in [6.45, 7) is 10.8. The van der Waals surface area contributed by atoms with Crippen LogP contribution in [0.4, 0.5) is 0 Å². The molecule has 0 saturated heterocycles. The molecule has 0 heterocycles. The van der Waals surface area contributed by atoms with Crippen LogP contribution in [-0.2, 0) is 5.41 Å². The molecule has 0 aliphatic heterocycles. The average Bonchev–Trinajstić information content (AvgIpc) is 2.30. The van der Waals surface area contributed by atoms with Crippen molar-refractivity contribution in [2.45, 2.75) is 40.0 Å². The van der Waals surface area contributed by atoms with Crippen LogP contribution < -0.4 is 4.74 Å². The molecule has 2 aromatic carbocycles. The van der Waals surface area contributed by atoms with Gasteiger partial charge in [-0.25, -0.2) is 0 Å².